The van der Waals surface area contributed by atoms with E-state index in [-0.39, 0.29) is 18.9 Å². The third-order valence-electron chi connectivity index (χ3n) is 8.09. The number of aromatic nitrogens is 1. The number of nitrogens with one attached hydrogen (secondary N) is 1. The maximum atomic E-state index is 12.8. The minimum Gasteiger partial charge on any atom is -0.496 e. The maximum Gasteiger partial charge on any atom is 0.411 e. The highest BCUT2D eigenvalue weighted by Crippen LogP contribution is 2.44. The Balaban J connectivity index is 1.79. The first-order chi connectivity index (χ1) is 21.5. The second kappa shape index (κ2) is 21.3. The molecule has 252 valence electrons. The van der Waals surface area contributed by atoms with Gasteiger partial charge in [-0.25, -0.2) is 0 Å². The third kappa shape index (κ3) is 16.0. The van der Waals surface area contributed by atoms with Gasteiger partial charge in [-0.15, -0.1) is 0 Å². The highest BCUT2D eigenvalue weighted by molar-refractivity contribution is 7.59. The number of benzene rings is 1. The van der Waals surface area contributed by atoms with Crippen LogP contribution in [0.5, 0.6) is 11.5 Å². The first kappa shape index (κ1) is 38.6. The summed E-state index contributed by atoms with van der Waals surface area (Å²) >= 11 is 0. The summed E-state index contributed by atoms with van der Waals surface area (Å²) in [4.78, 5) is 58.4. The van der Waals surface area contributed by atoms with Crippen LogP contribution >= 0.6 is 7.94 Å². The molecule has 1 heterocycles. The Bertz CT molecular complexity index is 1150. The molecule has 0 radical (unpaired) electrons. The Hall–Kier alpha value is -2.58. The molecule has 45 heavy (non-hydrogen) atoms. The average molecular weight is 648 g/mol. The van der Waals surface area contributed by atoms with Crippen molar-refractivity contribution in [2.75, 3.05) is 13.3 Å². The standard InChI is InChI=1S/C35H55N2O7P/c1-5-6-7-8-9-10-11-12-13-14-15-16-17-18-34(39)37-31(33(38)26-45(40,41)42)23-29-19-21-30(22-20-29)44-25-32-28(3)35(43-4)27(2)24-36-32/h19-22,24,31,40-42H,5-18,23,25-26H2,1-4H3/p+1/t31-/m1/s1. The summed E-state index contributed by atoms with van der Waals surface area (Å²) in [6.07, 6.45) is 17.2. The molecule has 0 spiro atoms. The SMILES string of the molecule is CCCCCCCCCCCCCCCC(=O)N[C@H](Cc1ccc(OCc2ncc(C)c(OC)c2C)cc1)C(=O)C[P+](O)(O)O. The van der Waals surface area contributed by atoms with Crippen LogP contribution in [0.4, 0.5) is 0 Å². The topological polar surface area (TPSA) is 138 Å². The van der Waals surface area contributed by atoms with E-state index in [1.807, 2.05) is 13.8 Å². The van der Waals surface area contributed by atoms with Gasteiger partial charge in [-0.3, -0.25) is 14.6 Å². The zero-order valence-corrected chi connectivity index (χ0v) is 28.7. The number of hydrogen-bond acceptors (Lipinski definition) is 8. The van der Waals surface area contributed by atoms with Crippen molar-refractivity contribution in [3.8, 4) is 11.5 Å². The third-order valence-corrected chi connectivity index (χ3v) is 8.82. The van der Waals surface area contributed by atoms with Crippen LogP contribution in [0, 0.1) is 13.8 Å². The lowest BCUT2D eigenvalue weighted by Crippen LogP contribution is -2.43. The Morgan fingerprint density at radius 3 is 1.96 bits per heavy atom. The van der Waals surface area contributed by atoms with E-state index in [1.165, 1.54) is 64.2 Å². The normalized spacial score (nSPS) is 12.2. The van der Waals surface area contributed by atoms with Gasteiger partial charge >= 0.3 is 7.94 Å². The molecule has 0 saturated carbocycles. The van der Waals surface area contributed by atoms with Crippen molar-refractivity contribution < 1.29 is 33.7 Å². The van der Waals surface area contributed by atoms with Gasteiger partial charge in [-0.2, -0.15) is 14.7 Å². The number of ketones is 1. The number of Topliss-reactive ketones (excluding diaryl/α,β-unsaturated/α-hetero) is 1. The maximum absolute atomic E-state index is 12.8. The molecular formula is C35H56N2O7P+. The molecule has 0 saturated heterocycles. The van der Waals surface area contributed by atoms with Crippen LogP contribution in [-0.2, 0) is 22.6 Å². The molecule has 1 atom stereocenters. The number of ether oxygens (including phenoxy) is 2. The molecular weight excluding hydrogens is 591 g/mol. The van der Waals surface area contributed by atoms with Crippen molar-refractivity contribution in [1.29, 1.82) is 0 Å². The fourth-order valence-corrected chi connectivity index (χ4v) is 6.10. The minimum absolute atomic E-state index is 0.152. The summed E-state index contributed by atoms with van der Waals surface area (Å²) in [6, 6.07) is 6.15. The molecule has 0 unspecified atom stereocenters. The number of rotatable bonds is 24. The van der Waals surface area contributed by atoms with Gasteiger partial charge in [0.2, 0.25) is 11.7 Å². The van der Waals surface area contributed by atoms with Crippen molar-refractivity contribution >= 4 is 19.6 Å². The number of aryl methyl sites for hydroxylation is 1. The molecule has 0 bridgehead atoms. The van der Waals surface area contributed by atoms with Crippen LogP contribution < -0.4 is 14.8 Å². The lowest BCUT2D eigenvalue weighted by Gasteiger charge is -2.18. The van der Waals surface area contributed by atoms with Crippen LogP contribution in [0.3, 0.4) is 0 Å². The van der Waals surface area contributed by atoms with Crippen LogP contribution in [0.15, 0.2) is 30.5 Å². The molecule has 1 amide bonds. The number of carbonyl (C=O) groups is 2. The molecule has 1 aromatic heterocycles. The predicted molar refractivity (Wildman–Crippen MR) is 180 cm³/mol. The quantitative estimate of drug-likeness (QED) is 0.0699. The lowest BCUT2D eigenvalue weighted by molar-refractivity contribution is -0.126. The number of nitrogens with zero attached hydrogens (tertiary/aromatic N) is 1. The fraction of sp³-hybridized carbons (Fsp3) is 0.629. The van der Waals surface area contributed by atoms with Crippen molar-refractivity contribution in [3.63, 3.8) is 0 Å². The van der Waals surface area contributed by atoms with E-state index >= 15 is 0 Å². The summed E-state index contributed by atoms with van der Waals surface area (Å²) < 4.78 is 11.4. The second-order valence-electron chi connectivity index (χ2n) is 12.1. The van der Waals surface area contributed by atoms with E-state index in [0.29, 0.717) is 12.2 Å². The minimum atomic E-state index is -4.32. The zero-order valence-electron chi connectivity index (χ0n) is 27.9. The van der Waals surface area contributed by atoms with E-state index < -0.39 is 25.9 Å². The number of pyridine rings is 1. The van der Waals surface area contributed by atoms with Crippen LogP contribution in [0.2, 0.25) is 0 Å². The van der Waals surface area contributed by atoms with Crippen molar-refractivity contribution in [1.82, 2.24) is 10.3 Å². The summed E-state index contributed by atoms with van der Waals surface area (Å²) in [5.74, 6) is 0.515. The second-order valence-corrected chi connectivity index (χ2v) is 13.8. The molecule has 0 fully saturated rings. The summed E-state index contributed by atoms with van der Waals surface area (Å²) in [6.45, 7) is 6.37. The van der Waals surface area contributed by atoms with Gasteiger partial charge in [0.05, 0.1) is 18.8 Å². The van der Waals surface area contributed by atoms with E-state index in [2.05, 4.69) is 17.2 Å². The zero-order chi connectivity index (χ0) is 33.1. The molecule has 2 rings (SSSR count). The first-order valence-electron chi connectivity index (χ1n) is 16.6. The van der Waals surface area contributed by atoms with Gasteiger partial charge in [0.1, 0.15) is 18.1 Å². The monoisotopic (exact) mass is 647 g/mol. The van der Waals surface area contributed by atoms with E-state index in [0.717, 1.165) is 47.4 Å². The van der Waals surface area contributed by atoms with Crippen LogP contribution in [0.25, 0.3) is 0 Å². The van der Waals surface area contributed by atoms with Crippen molar-refractivity contribution in [2.45, 2.75) is 130 Å². The van der Waals surface area contributed by atoms with E-state index in [1.54, 1.807) is 37.6 Å². The van der Waals surface area contributed by atoms with Gasteiger partial charge < -0.3 is 14.8 Å². The first-order valence-corrected chi connectivity index (χ1v) is 18.5. The fourth-order valence-electron chi connectivity index (χ4n) is 5.46. The van der Waals surface area contributed by atoms with Gasteiger partial charge in [-0.05, 0) is 44.4 Å². The summed E-state index contributed by atoms with van der Waals surface area (Å²) in [5, 5.41) is 2.76. The van der Waals surface area contributed by atoms with Gasteiger partial charge in [0.25, 0.3) is 0 Å². The number of amides is 1. The van der Waals surface area contributed by atoms with Crippen LogP contribution in [0.1, 0.15) is 119 Å². The Labute approximate surface area is 270 Å². The van der Waals surface area contributed by atoms with Gasteiger partial charge in [-0.1, -0.05) is 96.1 Å². The largest absolute Gasteiger partial charge is 0.496 e. The Kier molecular flexibility index (Phi) is 18.2. The number of carbonyl (C=O) groups excluding carboxylic acids is 2. The van der Waals surface area contributed by atoms with Gasteiger partial charge in [0.15, 0.2) is 6.16 Å². The molecule has 1 aromatic carbocycles. The predicted octanol–water partition coefficient (Wildman–Crippen LogP) is 7.10. The van der Waals surface area contributed by atoms with Gasteiger partial charge in [0, 0.05) is 23.7 Å². The molecule has 0 aliphatic rings. The smallest absolute Gasteiger partial charge is 0.411 e. The molecule has 2 aromatic rings. The van der Waals surface area contributed by atoms with E-state index in [9.17, 15) is 24.3 Å². The Morgan fingerprint density at radius 2 is 1.42 bits per heavy atom. The number of unbranched alkanes of at least 4 members (excludes halogenated alkanes) is 12. The van der Waals surface area contributed by atoms with E-state index in [4.69, 9.17) is 9.47 Å². The molecule has 0 aliphatic carbocycles. The van der Waals surface area contributed by atoms with Crippen LogP contribution in [-0.4, -0.2) is 50.7 Å². The number of methoxy groups -OCH3 is 1. The Morgan fingerprint density at radius 1 is 0.867 bits per heavy atom. The van der Waals surface area contributed by atoms with Crippen molar-refractivity contribution in [2.24, 2.45) is 0 Å². The molecule has 9 nitrogen and oxygen atoms in total. The van der Waals surface area contributed by atoms with Crippen molar-refractivity contribution in [3.05, 3.63) is 52.8 Å². The lowest BCUT2D eigenvalue weighted by atomic mass is 10.0. The highest BCUT2D eigenvalue weighted by atomic mass is 31.2. The summed E-state index contributed by atoms with van der Waals surface area (Å²) in [5.41, 5.74) is 3.39. The molecule has 0 aliphatic heterocycles. The summed E-state index contributed by atoms with van der Waals surface area (Å²) in [7, 11) is -2.69. The average Bonchev–Trinajstić information content (AvgIpc) is 2.99. The molecule has 10 heteroatoms. The molecule has 4 N–H and O–H groups in total. The highest BCUT2D eigenvalue weighted by Gasteiger charge is 2.37. The number of hydrogen-bond donors (Lipinski definition) is 4.